The molecule has 0 aromatic heterocycles. The van der Waals surface area contributed by atoms with Gasteiger partial charge < -0.3 is 10.1 Å². The average molecular weight is 355 g/mol. The minimum atomic E-state index is -0.787. The summed E-state index contributed by atoms with van der Waals surface area (Å²) in [5.74, 6) is 0. The number of urea groups is 1. The summed E-state index contributed by atoms with van der Waals surface area (Å²) in [7, 11) is 0. The predicted octanol–water partition coefficient (Wildman–Crippen LogP) is 4.21. The summed E-state index contributed by atoms with van der Waals surface area (Å²) >= 11 is 17.4. The molecule has 0 saturated carbocycles. The van der Waals surface area contributed by atoms with E-state index in [1.165, 1.54) is 12.1 Å². The van der Waals surface area contributed by atoms with Crippen LogP contribution in [0.2, 0.25) is 15.1 Å². The van der Waals surface area contributed by atoms with Crippen LogP contribution >= 0.6 is 34.8 Å². The first-order valence-corrected chi connectivity index (χ1v) is 6.92. The highest BCUT2D eigenvalue weighted by atomic mass is 35.5. The number of rotatable bonds is 1. The highest BCUT2D eigenvalue weighted by molar-refractivity contribution is 6.48. The van der Waals surface area contributed by atoms with E-state index < -0.39 is 17.7 Å². The zero-order valence-electron chi connectivity index (χ0n) is 11.5. The number of hydrogen-bond donors (Lipinski definition) is 3. The second kappa shape index (κ2) is 7.06. The normalized spacial score (nSPS) is 10.8. The van der Waals surface area contributed by atoms with Gasteiger partial charge in [0, 0.05) is 5.69 Å². The van der Waals surface area contributed by atoms with Crippen molar-refractivity contribution in [1.82, 2.24) is 10.9 Å². The van der Waals surface area contributed by atoms with Gasteiger partial charge in [-0.15, -0.1) is 0 Å². The first-order chi connectivity index (χ1) is 9.58. The van der Waals surface area contributed by atoms with Crippen molar-refractivity contribution in [3.05, 3.63) is 27.2 Å². The number of hydrazine groups is 1. The molecule has 116 valence electrons. The van der Waals surface area contributed by atoms with Gasteiger partial charge in [-0.05, 0) is 32.9 Å². The van der Waals surface area contributed by atoms with Crippen LogP contribution in [-0.4, -0.2) is 17.7 Å². The first kappa shape index (κ1) is 17.7. The number of halogens is 3. The molecule has 0 fully saturated rings. The molecule has 6 nitrogen and oxygen atoms in total. The molecule has 1 aromatic rings. The zero-order valence-corrected chi connectivity index (χ0v) is 13.8. The van der Waals surface area contributed by atoms with Crippen molar-refractivity contribution in [2.24, 2.45) is 0 Å². The molecule has 1 rings (SSSR count). The molecule has 0 bridgehead atoms. The number of hydrogen-bond acceptors (Lipinski definition) is 3. The number of anilines is 1. The molecule has 3 amide bonds. The molecule has 0 heterocycles. The second-order valence-electron chi connectivity index (χ2n) is 4.96. The Balaban J connectivity index is 2.53. The number of benzene rings is 1. The largest absolute Gasteiger partial charge is 0.443 e. The zero-order chi connectivity index (χ0) is 16.2. The Morgan fingerprint density at radius 2 is 1.57 bits per heavy atom. The van der Waals surface area contributed by atoms with Gasteiger partial charge in [-0.1, -0.05) is 34.8 Å². The van der Waals surface area contributed by atoms with Crippen molar-refractivity contribution < 1.29 is 14.3 Å². The minimum absolute atomic E-state index is 0.191. The monoisotopic (exact) mass is 353 g/mol. The summed E-state index contributed by atoms with van der Waals surface area (Å²) in [5, 5.41) is 3.00. The quantitative estimate of drug-likeness (QED) is 0.522. The van der Waals surface area contributed by atoms with E-state index in [4.69, 9.17) is 39.5 Å². The van der Waals surface area contributed by atoms with Gasteiger partial charge in [-0.25, -0.2) is 20.4 Å². The average Bonchev–Trinajstić information content (AvgIpc) is 2.31. The van der Waals surface area contributed by atoms with Crippen LogP contribution in [0.4, 0.5) is 15.3 Å². The Labute approximate surface area is 137 Å². The lowest BCUT2D eigenvalue weighted by Gasteiger charge is -2.19. The van der Waals surface area contributed by atoms with Crippen LogP contribution in [0.5, 0.6) is 0 Å². The van der Waals surface area contributed by atoms with Crippen molar-refractivity contribution in [1.29, 1.82) is 0 Å². The molecule has 0 radical (unpaired) electrons. The molecule has 0 saturated heterocycles. The molecule has 1 aromatic carbocycles. The summed E-state index contributed by atoms with van der Waals surface area (Å²) in [6, 6.07) is 2.14. The smallest absolute Gasteiger partial charge is 0.426 e. The maximum Gasteiger partial charge on any atom is 0.426 e. The second-order valence-corrected chi connectivity index (χ2v) is 6.15. The SMILES string of the molecule is CC(C)(C)OC(=O)NNC(=O)Nc1cc(Cl)c(Cl)c(Cl)c1. The van der Waals surface area contributed by atoms with Gasteiger partial charge in [0.2, 0.25) is 0 Å². The first-order valence-electron chi connectivity index (χ1n) is 5.79. The minimum Gasteiger partial charge on any atom is -0.443 e. The van der Waals surface area contributed by atoms with Gasteiger partial charge in [0.25, 0.3) is 0 Å². The fourth-order valence-corrected chi connectivity index (χ4v) is 1.80. The standard InChI is InChI=1S/C12H14Cl3N3O3/c1-12(2,3)21-11(20)18-17-10(19)16-6-4-7(13)9(15)8(14)5-6/h4-5H,1-3H3,(H,18,20)(H2,16,17,19). The van der Waals surface area contributed by atoms with Crippen LogP contribution < -0.4 is 16.2 Å². The Hall–Kier alpha value is -1.37. The Morgan fingerprint density at radius 1 is 1.05 bits per heavy atom. The van der Waals surface area contributed by atoms with Gasteiger partial charge in [-0.2, -0.15) is 0 Å². The van der Waals surface area contributed by atoms with E-state index in [1.54, 1.807) is 20.8 Å². The highest BCUT2D eigenvalue weighted by Gasteiger charge is 2.16. The van der Waals surface area contributed by atoms with Crippen LogP contribution in [0.15, 0.2) is 12.1 Å². The Morgan fingerprint density at radius 3 is 2.05 bits per heavy atom. The van der Waals surface area contributed by atoms with Crippen molar-refractivity contribution in [2.45, 2.75) is 26.4 Å². The Bertz CT molecular complexity index is 535. The van der Waals surface area contributed by atoms with E-state index in [2.05, 4.69) is 16.2 Å². The summed E-state index contributed by atoms with van der Waals surface area (Å²) in [5.41, 5.74) is 3.85. The van der Waals surface area contributed by atoms with Crippen LogP contribution in [0.25, 0.3) is 0 Å². The highest BCUT2D eigenvalue weighted by Crippen LogP contribution is 2.32. The van der Waals surface area contributed by atoms with Crippen molar-refractivity contribution in [3.8, 4) is 0 Å². The van der Waals surface area contributed by atoms with E-state index in [0.717, 1.165) is 0 Å². The molecule has 0 spiro atoms. The fraction of sp³-hybridized carbons (Fsp3) is 0.333. The third-order valence-electron chi connectivity index (χ3n) is 1.92. The van der Waals surface area contributed by atoms with E-state index in [1.807, 2.05) is 0 Å². The van der Waals surface area contributed by atoms with E-state index >= 15 is 0 Å². The summed E-state index contributed by atoms with van der Waals surface area (Å²) < 4.78 is 4.94. The summed E-state index contributed by atoms with van der Waals surface area (Å²) in [6.07, 6.45) is -0.787. The molecule has 0 aliphatic carbocycles. The van der Waals surface area contributed by atoms with E-state index in [9.17, 15) is 9.59 Å². The summed E-state index contributed by atoms with van der Waals surface area (Å²) in [4.78, 5) is 22.9. The van der Waals surface area contributed by atoms with Gasteiger partial charge in [0.1, 0.15) is 5.60 Å². The number of nitrogens with one attached hydrogen (secondary N) is 3. The maximum atomic E-state index is 11.6. The Kier molecular flexibility index (Phi) is 5.95. The number of ether oxygens (including phenoxy) is 1. The number of amides is 3. The van der Waals surface area contributed by atoms with Crippen molar-refractivity contribution >= 4 is 52.6 Å². The third-order valence-corrected chi connectivity index (χ3v) is 3.12. The van der Waals surface area contributed by atoms with Gasteiger partial charge >= 0.3 is 12.1 Å². The van der Waals surface area contributed by atoms with Crippen LogP contribution in [0.1, 0.15) is 20.8 Å². The fourth-order valence-electron chi connectivity index (χ4n) is 1.20. The molecule has 0 unspecified atom stereocenters. The molecular formula is C12H14Cl3N3O3. The maximum absolute atomic E-state index is 11.6. The third kappa shape index (κ3) is 6.29. The van der Waals surface area contributed by atoms with E-state index in [0.29, 0.717) is 5.69 Å². The van der Waals surface area contributed by atoms with Crippen LogP contribution in [-0.2, 0) is 4.74 Å². The lowest BCUT2D eigenvalue weighted by molar-refractivity contribution is 0.0506. The van der Waals surface area contributed by atoms with E-state index in [-0.39, 0.29) is 15.1 Å². The summed E-state index contributed by atoms with van der Waals surface area (Å²) in [6.45, 7) is 5.10. The van der Waals surface area contributed by atoms with Gasteiger partial charge in [-0.3, -0.25) is 0 Å². The van der Waals surface area contributed by atoms with Crippen LogP contribution in [0.3, 0.4) is 0 Å². The van der Waals surface area contributed by atoms with Gasteiger partial charge in [0.05, 0.1) is 15.1 Å². The van der Waals surface area contributed by atoms with Crippen molar-refractivity contribution in [3.63, 3.8) is 0 Å². The van der Waals surface area contributed by atoms with Crippen LogP contribution in [0, 0.1) is 0 Å². The number of carbonyl (C=O) groups is 2. The predicted molar refractivity (Wildman–Crippen MR) is 83.0 cm³/mol. The van der Waals surface area contributed by atoms with Gasteiger partial charge in [0.15, 0.2) is 0 Å². The molecule has 3 N–H and O–H groups in total. The molecule has 0 aliphatic rings. The lowest BCUT2D eigenvalue weighted by atomic mass is 10.2. The molecule has 9 heteroatoms. The molecule has 0 atom stereocenters. The molecule has 21 heavy (non-hydrogen) atoms. The topological polar surface area (TPSA) is 79.5 Å². The van der Waals surface area contributed by atoms with Crippen molar-refractivity contribution in [2.75, 3.05) is 5.32 Å². The molecule has 0 aliphatic heterocycles. The number of carbonyl (C=O) groups excluding carboxylic acids is 2. The lowest BCUT2D eigenvalue weighted by Crippen LogP contribution is -2.46. The molecular weight excluding hydrogens is 341 g/mol.